The molecule has 0 saturated carbocycles. The highest BCUT2D eigenvalue weighted by atomic mass is 19.3. The SMILES string of the molecule is CC(N)Cc1ccc(OC(F)F)cn1. The summed E-state index contributed by atoms with van der Waals surface area (Å²) in [4.78, 5) is 3.93. The Morgan fingerprint density at radius 3 is 2.64 bits per heavy atom. The summed E-state index contributed by atoms with van der Waals surface area (Å²) in [5.41, 5.74) is 6.32. The van der Waals surface area contributed by atoms with Crippen LogP contribution in [0.2, 0.25) is 0 Å². The molecular weight excluding hydrogens is 190 g/mol. The van der Waals surface area contributed by atoms with Crippen LogP contribution in [0.25, 0.3) is 0 Å². The van der Waals surface area contributed by atoms with Crippen molar-refractivity contribution < 1.29 is 13.5 Å². The molecule has 0 aromatic carbocycles. The van der Waals surface area contributed by atoms with E-state index in [0.29, 0.717) is 6.42 Å². The van der Waals surface area contributed by atoms with Crippen LogP contribution < -0.4 is 10.5 Å². The molecule has 1 rings (SSSR count). The fourth-order valence-corrected chi connectivity index (χ4v) is 1.03. The van der Waals surface area contributed by atoms with E-state index in [1.807, 2.05) is 6.92 Å². The van der Waals surface area contributed by atoms with Gasteiger partial charge in [-0.05, 0) is 19.1 Å². The molecule has 1 aromatic rings. The Bertz CT molecular complexity index is 246. The van der Waals surface area contributed by atoms with Crippen LogP contribution in [-0.4, -0.2) is 17.6 Å². The number of hydrogen-bond donors (Lipinski definition) is 1. The molecular formula is C9H12F2N2O. The van der Waals surface area contributed by atoms with Crippen molar-refractivity contribution in [1.82, 2.24) is 4.98 Å². The number of ether oxygens (including phenoxy) is 1. The van der Waals surface area contributed by atoms with Crippen LogP contribution in [0.3, 0.4) is 0 Å². The van der Waals surface area contributed by atoms with Gasteiger partial charge in [0.15, 0.2) is 0 Å². The van der Waals surface area contributed by atoms with Gasteiger partial charge in [-0.2, -0.15) is 8.78 Å². The van der Waals surface area contributed by atoms with Gasteiger partial charge in [0, 0.05) is 18.2 Å². The lowest BCUT2D eigenvalue weighted by atomic mass is 10.2. The van der Waals surface area contributed by atoms with Crippen molar-refractivity contribution in [2.75, 3.05) is 0 Å². The number of nitrogens with two attached hydrogens (primary N) is 1. The molecule has 0 fully saturated rings. The average Bonchev–Trinajstić information content (AvgIpc) is 2.06. The maximum atomic E-state index is 11.8. The molecule has 3 nitrogen and oxygen atoms in total. The van der Waals surface area contributed by atoms with E-state index in [9.17, 15) is 8.78 Å². The first-order chi connectivity index (χ1) is 6.58. The highest BCUT2D eigenvalue weighted by Gasteiger charge is 2.05. The summed E-state index contributed by atoms with van der Waals surface area (Å²) in [5.74, 6) is 0.0634. The lowest BCUT2D eigenvalue weighted by Crippen LogP contribution is -2.18. The third-order valence-corrected chi connectivity index (χ3v) is 1.55. The van der Waals surface area contributed by atoms with Crippen molar-refractivity contribution in [2.45, 2.75) is 26.0 Å². The molecule has 78 valence electrons. The van der Waals surface area contributed by atoms with Crippen molar-refractivity contribution in [3.8, 4) is 5.75 Å². The van der Waals surface area contributed by atoms with Gasteiger partial charge in [0.2, 0.25) is 0 Å². The molecule has 0 radical (unpaired) electrons. The molecule has 0 amide bonds. The number of halogens is 2. The van der Waals surface area contributed by atoms with Gasteiger partial charge in [0.25, 0.3) is 0 Å². The summed E-state index contributed by atoms with van der Waals surface area (Å²) in [6, 6.07) is 3.09. The maximum absolute atomic E-state index is 11.8. The molecule has 5 heteroatoms. The smallest absolute Gasteiger partial charge is 0.387 e. The molecule has 1 heterocycles. The first kappa shape index (κ1) is 10.8. The Morgan fingerprint density at radius 1 is 1.50 bits per heavy atom. The minimum absolute atomic E-state index is 0.00404. The van der Waals surface area contributed by atoms with Gasteiger partial charge in [-0.3, -0.25) is 4.98 Å². The zero-order chi connectivity index (χ0) is 10.6. The lowest BCUT2D eigenvalue weighted by Gasteiger charge is -2.06. The second-order valence-corrected chi connectivity index (χ2v) is 3.05. The van der Waals surface area contributed by atoms with Crippen LogP contribution in [0, 0.1) is 0 Å². The van der Waals surface area contributed by atoms with E-state index in [1.54, 1.807) is 6.07 Å². The molecule has 2 N–H and O–H groups in total. The van der Waals surface area contributed by atoms with E-state index in [1.165, 1.54) is 12.3 Å². The van der Waals surface area contributed by atoms with Crippen molar-refractivity contribution in [2.24, 2.45) is 5.73 Å². The van der Waals surface area contributed by atoms with Crippen LogP contribution in [0.4, 0.5) is 8.78 Å². The standard InChI is InChI=1S/C9H12F2N2O/c1-6(12)4-7-2-3-8(5-13-7)14-9(10)11/h2-3,5-6,9H,4,12H2,1H3. The number of hydrogen-bond acceptors (Lipinski definition) is 3. The summed E-state index contributed by atoms with van der Waals surface area (Å²) < 4.78 is 27.7. The van der Waals surface area contributed by atoms with Crippen molar-refractivity contribution in [1.29, 1.82) is 0 Å². The number of alkyl halides is 2. The highest BCUT2D eigenvalue weighted by molar-refractivity contribution is 5.20. The van der Waals surface area contributed by atoms with E-state index in [0.717, 1.165) is 5.69 Å². The largest absolute Gasteiger partial charge is 0.433 e. The first-order valence-electron chi connectivity index (χ1n) is 4.23. The zero-order valence-electron chi connectivity index (χ0n) is 7.78. The normalized spacial score (nSPS) is 12.9. The molecule has 1 unspecified atom stereocenters. The number of rotatable bonds is 4. The fraction of sp³-hybridized carbons (Fsp3) is 0.444. The van der Waals surface area contributed by atoms with Crippen LogP contribution in [0.1, 0.15) is 12.6 Å². The van der Waals surface area contributed by atoms with Gasteiger partial charge in [0.1, 0.15) is 5.75 Å². The van der Waals surface area contributed by atoms with Crippen molar-refractivity contribution in [3.63, 3.8) is 0 Å². The van der Waals surface area contributed by atoms with Crippen LogP contribution in [0.5, 0.6) is 5.75 Å². The number of pyridine rings is 1. The Balaban J connectivity index is 2.59. The number of aromatic nitrogens is 1. The molecule has 0 spiro atoms. The summed E-state index contributed by atoms with van der Waals surface area (Å²) in [5, 5.41) is 0. The predicted molar refractivity (Wildman–Crippen MR) is 48.2 cm³/mol. The summed E-state index contributed by atoms with van der Waals surface area (Å²) >= 11 is 0. The molecule has 0 bridgehead atoms. The monoisotopic (exact) mass is 202 g/mol. The number of nitrogens with zero attached hydrogens (tertiary/aromatic N) is 1. The highest BCUT2D eigenvalue weighted by Crippen LogP contribution is 2.12. The van der Waals surface area contributed by atoms with E-state index in [4.69, 9.17) is 5.73 Å². The van der Waals surface area contributed by atoms with Crippen LogP contribution in [-0.2, 0) is 6.42 Å². The van der Waals surface area contributed by atoms with Crippen LogP contribution in [0.15, 0.2) is 18.3 Å². The Labute approximate surface area is 80.9 Å². The second kappa shape index (κ2) is 4.85. The lowest BCUT2D eigenvalue weighted by molar-refractivity contribution is -0.0500. The average molecular weight is 202 g/mol. The Hall–Kier alpha value is -1.23. The minimum Gasteiger partial charge on any atom is -0.433 e. The molecule has 0 aliphatic heterocycles. The van der Waals surface area contributed by atoms with Gasteiger partial charge < -0.3 is 10.5 Å². The minimum atomic E-state index is -2.81. The maximum Gasteiger partial charge on any atom is 0.387 e. The second-order valence-electron chi connectivity index (χ2n) is 3.05. The quantitative estimate of drug-likeness (QED) is 0.806. The Morgan fingerprint density at radius 2 is 2.21 bits per heavy atom. The van der Waals surface area contributed by atoms with Gasteiger partial charge in [-0.1, -0.05) is 0 Å². The van der Waals surface area contributed by atoms with Gasteiger partial charge in [0.05, 0.1) is 6.20 Å². The van der Waals surface area contributed by atoms with Crippen molar-refractivity contribution >= 4 is 0 Å². The molecule has 0 saturated heterocycles. The van der Waals surface area contributed by atoms with E-state index in [2.05, 4.69) is 9.72 Å². The van der Waals surface area contributed by atoms with E-state index in [-0.39, 0.29) is 11.8 Å². The first-order valence-corrected chi connectivity index (χ1v) is 4.23. The summed E-state index contributed by atoms with van der Waals surface area (Å²) in [6.45, 7) is -0.957. The molecule has 0 aliphatic carbocycles. The van der Waals surface area contributed by atoms with Gasteiger partial charge in [-0.25, -0.2) is 0 Å². The molecule has 1 aromatic heterocycles. The Kier molecular flexibility index (Phi) is 3.76. The topological polar surface area (TPSA) is 48.1 Å². The van der Waals surface area contributed by atoms with E-state index >= 15 is 0 Å². The third-order valence-electron chi connectivity index (χ3n) is 1.55. The predicted octanol–water partition coefficient (Wildman–Crippen LogP) is 1.57. The molecule has 14 heavy (non-hydrogen) atoms. The summed E-state index contributed by atoms with van der Waals surface area (Å²) in [7, 11) is 0. The summed E-state index contributed by atoms with van der Waals surface area (Å²) in [6.07, 6.45) is 1.89. The van der Waals surface area contributed by atoms with Gasteiger partial charge >= 0.3 is 6.61 Å². The van der Waals surface area contributed by atoms with Crippen LogP contribution >= 0.6 is 0 Å². The molecule has 1 atom stereocenters. The van der Waals surface area contributed by atoms with Gasteiger partial charge in [-0.15, -0.1) is 0 Å². The van der Waals surface area contributed by atoms with E-state index < -0.39 is 6.61 Å². The fourth-order valence-electron chi connectivity index (χ4n) is 1.03. The third kappa shape index (κ3) is 3.66. The molecule has 0 aliphatic rings. The van der Waals surface area contributed by atoms with Crippen molar-refractivity contribution in [3.05, 3.63) is 24.0 Å². The zero-order valence-corrected chi connectivity index (χ0v) is 7.78.